The molecule has 1 fully saturated rings. The van der Waals surface area contributed by atoms with Crippen LogP contribution in [0.1, 0.15) is 80.1 Å². The van der Waals surface area contributed by atoms with E-state index in [1.807, 2.05) is 19.6 Å². The average Bonchev–Trinajstić information content (AvgIpc) is 2.53. The SMILES string of the molecule is CC/C(=C/N(C=N/C=C(\C)C(CC(C)C)=NC)CC(C)C)CC1CCC1. The van der Waals surface area contributed by atoms with Crippen molar-refractivity contribution in [1.29, 1.82) is 0 Å². The van der Waals surface area contributed by atoms with Gasteiger partial charge >= 0.3 is 0 Å². The summed E-state index contributed by atoms with van der Waals surface area (Å²) in [6.07, 6.45) is 13.9. The lowest BCUT2D eigenvalue weighted by Crippen LogP contribution is -2.22. The molecule has 0 unspecified atom stereocenters. The molecule has 0 aromatic carbocycles. The van der Waals surface area contributed by atoms with E-state index in [1.54, 1.807) is 5.57 Å². The maximum Gasteiger partial charge on any atom is 0.0944 e. The van der Waals surface area contributed by atoms with Crippen molar-refractivity contribution in [3.8, 4) is 0 Å². The second-order valence-corrected chi connectivity index (χ2v) is 8.58. The summed E-state index contributed by atoms with van der Waals surface area (Å²) in [7, 11) is 1.88. The summed E-state index contributed by atoms with van der Waals surface area (Å²) < 4.78 is 0. The van der Waals surface area contributed by atoms with Gasteiger partial charge in [0, 0.05) is 31.7 Å². The van der Waals surface area contributed by atoms with Crippen LogP contribution >= 0.6 is 0 Å². The Morgan fingerprint density at radius 3 is 2.31 bits per heavy atom. The normalized spacial score (nSPS) is 17.5. The molecule has 1 aliphatic carbocycles. The van der Waals surface area contributed by atoms with E-state index in [-0.39, 0.29) is 0 Å². The zero-order chi connectivity index (χ0) is 19.5. The van der Waals surface area contributed by atoms with Gasteiger partial charge in [0.05, 0.1) is 6.34 Å². The van der Waals surface area contributed by atoms with E-state index >= 15 is 0 Å². The molecular formula is C23H41N3. The molecule has 148 valence electrons. The van der Waals surface area contributed by atoms with Crippen molar-refractivity contribution in [1.82, 2.24) is 4.90 Å². The Kier molecular flexibility index (Phi) is 10.5. The number of allylic oxidation sites excluding steroid dienone is 2. The van der Waals surface area contributed by atoms with Crippen molar-refractivity contribution in [2.75, 3.05) is 13.6 Å². The first-order valence-electron chi connectivity index (χ1n) is 10.5. The number of rotatable bonds is 11. The van der Waals surface area contributed by atoms with Crippen molar-refractivity contribution in [3.63, 3.8) is 0 Å². The predicted octanol–water partition coefficient (Wildman–Crippen LogP) is 6.48. The third kappa shape index (κ3) is 8.82. The molecule has 0 spiro atoms. The average molecular weight is 360 g/mol. The minimum Gasteiger partial charge on any atom is -0.339 e. The third-order valence-corrected chi connectivity index (χ3v) is 4.96. The minimum absolute atomic E-state index is 0.610. The second kappa shape index (κ2) is 12.1. The molecule has 1 saturated carbocycles. The maximum absolute atomic E-state index is 4.61. The van der Waals surface area contributed by atoms with Crippen LogP contribution in [0.15, 0.2) is 33.5 Å². The zero-order valence-corrected chi connectivity index (χ0v) is 18.3. The lowest BCUT2D eigenvalue weighted by atomic mass is 9.80. The van der Waals surface area contributed by atoms with Crippen LogP contribution in [0, 0.1) is 17.8 Å². The second-order valence-electron chi connectivity index (χ2n) is 8.58. The predicted molar refractivity (Wildman–Crippen MR) is 117 cm³/mol. The molecule has 26 heavy (non-hydrogen) atoms. The summed E-state index contributed by atoms with van der Waals surface area (Å²) in [5, 5.41) is 0. The highest BCUT2D eigenvalue weighted by Crippen LogP contribution is 2.32. The fraction of sp³-hybridized carbons (Fsp3) is 0.739. The van der Waals surface area contributed by atoms with Crippen LogP contribution in [0.2, 0.25) is 0 Å². The van der Waals surface area contributed by atoms with Gasteiger partial charge in [0.25, 0.3) is 0 Å². The zero-order valence-electron chi connectivity index (χ0n) is 18.3. The van der Waals surface area contributed by atoms with Gasteiger partial charge in [-0.15, -0.1) is 0 Å². The smallest absolute Gasteiger partial charge is 0.0944 e. The number of nitrogens with zero attached hydrogens (tertiary/aromatic N) is 3. The Hall–Kier alpha value is -1.38. The van der Waals surface area contributed by atoms with Crippen LogP contribution in [0.5, 0.6) is 0 Å². The van der Waals surface area contributed by atoms with Gasteiger partial charge in [-0.3, -0.25) is 4.99 Å². The van der Waals surface area contributed by atoms with Crippen molar-refractivity contribution in [2.45, 2.75) is 80.1 Å². The van der Waals surface area contributed by atoms with E-state index < -0.39 is 0 Å². The van der Waals surface area contributed by atoms with Crippen molar-refractivity contribution in [3.05, 3.63) is 23.5 Å². The highest BCUT2D eigenvalue weighted by Gasteiger charge is 2.18. The van der Waals surface area contributed by atoms with E-state index in [2.05, 4.69) is 62.6 Å². The maximum atomic E-state index is 4.61. The summed E-state index contributed by atoms with van der Waals surface area (Å²) >= 11 is 0. The van der Waals surface area contributed by atoms with Gasteiger partial charge in [-0.25, -0.2) is 4.99 Å². The van der Waals surface area contributed by atoms with Gasteiger partial charge < -0.3 is 4.90 Å². The topological polar surface area (TPSA) is 28.0 Å². The summed E-state index contributed by atoms with van der Waals surface area (Å²) in [5.41, 5.74) is 3.87. The van der Waals surface area contributed by atoms with Gasteiger partial charge in [-0.05, 0) is 49.5 Å². The van der Waals surface area contributed by atoms with Gasteiger partial charge in [-0.1, -0.05) is 59.5 Å². The number of aliphatic imine (C=N–C) groups is 2. The van der Waals surface area contributed by atoms with Crippen LogP contribution < -0.4 is 0 Å². The van der Waals surface area contributed by atoms with Gasteiger partial charge in [-0.2, -0.15) is 0 Å². The van der Waals surface area contributed by atoms with Crippen LogP contribution in [0.3, 0.4) is 0 Å². The molecular weight excluding hydrogens is 318 g/mol. The molecule has 1 aliphatic rings. The largest absolute Gasteiger partial charge is 0.339 e. The molecule has 0 N–H and O–H groups in total. The monoisotopic (exact) mass is 359 g/mol. The van der Waals surface area contributed by atoms with Crippen LogP contribution in [0.25, 0.3) is 0 Å². The molecule has 0 atom stereocenters. The standard InChI is InChI=1S/C23H41N3/c1-8-21(13-22-10-9-11-22)16-26(15-19(4)5)17-25-14-20(6)23(24-7)12-18(2)3/h14,16-19,22H,8-13,15H2,1-7H3/b20-14+,21-16-,24-23?,25-17?. The van der Waals surface area contributed by atoms with E-state index in [4.69, 9.17) is 0 Å². The van der Waals surface area contributed by atoms with Crippen LogP contribution in [-0.4, -0.2) is 30.5 Å². The lowest BCUT2D eigenvalue weighted by molar-refractivity contribution is 0.310. The number of hydrogen-bond acceptors (Lipinski definition) is 2. The molecule has 0 aliphatic heterocycles. The molecule has 0 saturated heterocycles. The summed E-state index contributed by atoms with van der Waals surface area (Å²) in [6, 6.07) is 0. The Morgan fingerprint density at radius 1 is 1.15 bits per heavy atom. The molecule has 0 aromatic heterocycles. The number of hydrogen-bond donors (Lipinski definition) is 0. The molecule has 3 heteroatoms. The third-order valence-electron chi connectivity index (χ3n) is 4.96. The molecule has 0 amide bonds. The van der Waals surface area contributed by atoms with E-state index in [9.17, 15) is 0 Å². The molecule has 0 radical (unpaired) electrons. The van der Waals surface area contributed by atoms with E-state index in [0.29, 0.717) is 11.8 Å². The quantitative estimate of drug-likeness (QED) is 0.306. The first kappa shape index (κ1) is 22.7. The molecule has 0 bridgehead atoms. The van der Waals surface area contributed by atoms with Crippen molar-refractivity contribution >= 4 is 12.1 Å². The van der Waals surface area contributed by atoms with Crippen molar-refractivity contribution in [2.24, 2.45) is 27.7 Å². The van der Waals surface area contributed by atoms with Gasteiger partial charge in [0.1, 0.15) is 0 Å². The van der Waals surface area contributed by atoms with E-state index in [0.717, 1.165) is 36.6 Å². The summed E-state index contributed by atoms with van der Waals surface area (Å²) in [4.78, 5) is 11.3. The van der Waals surface area contributed by atoms with Crippen molar-refractivity contribution < 1.29 is 0 Å². The summed E-state index contributed by atoms with van der Waals surface area (Å²) in [6.45, 7) is 14.4. The fourth-order valence-electron chi connectivity index (χ4n) is 3.27. The molecule has 3 nitrogen and oxygen atoms in total. The first-order valence-corrected chi connectivity index (χ1v) is 10.5. The van der Waals surface area contributed by atoms with Crippen LogP contribution in [0.4, 0.5) is 0 Å². The van der Waals surface area contributed by atoms with E-state index in [1.165, 1.54) is 25.7 Å². The van der Waals surface area contributed by atoms with Gasteiger partial charge in [0.15, 0.2) is 0 Å². The Labute approximate surface area is 162 Å². The fourth-order valence-corrected chi connectivity index (χ4v) is 3.27. The summed E-state index contributed by atoms with van der Waals surface area (Å²) in [5.74, 6) is 2.14. The van der Waals surface area contributed by atoms with Crippen LogP contribution in [-0.2, 0) is 0 Å². The minimum atomic E-state index is 0.610. The Balaban J connectivity index is 2.81. The Bertz CT molecular complexity index is 520. The first-order chi connectivity index (χ1) is 12.3. The molecule has 0 aromatic rings. The Morgan fingerprint density at radius 2 is 1.85 bits per heavy atom. The molecule has 0 heterocycles. The molecule has 1 rings (SSSR count). The lowest BCUT2D eigenvalue weighted by Gasteiger charge is -2.27. The highest BCUT2D eigenvalue weighted by molar-refractivity contribution is 5.99. The highest BCUT2D eigenvalue weighted by atomic mass is 15.1. The van der Waals surface area contributed by atoms with Gasteiger partial charge in [0.2, 0.25) is 0 Å².